The van der Waals surface area contributed by atoms with Gasteiger partial charge in [-0.1, -0.05) is 18.2 Å². The predicted molar refractivity (Wildman–Crippen MR) is 102 cm³/mol. The third-order valence-electron chi connectivity index (χ3n) is 7.43. The average Bonchev–Trinajstić information content (AvgIpc) is 2.60. The first-order valence-electron chi connectivity index (χ1n) is 10.3. The van der Waals surface area contributed by atoms with Crippen molar-refractivity contribution < 1.29 is 9.90 Å². The summed E-state index contributed by atoms with van der Waals surface area (Å²) >= 11 is 0. The standard InChI is InChI=1S/C22H30N2O2/c25-20(24-8-6-23(7-9-24)19-4-2-1-3-5-19)15-21-11-17-10-18(12-21)14-22(26,13-17)16-21/h1-5,17-18,26H,6-16H2. The van der Waals surface area contributed by atoms with Gasteiger partial charge in [-0.15, -0.1) is 0 Å². The Morgan fingerprint density at radius 1 is 1.00 bits per heavy atom. The maximum absolute atomic E-state index is 13.1. The summed E-state index contributed by atoms with van der Waals surface area (Å²) in [6.07, 6.45) is 7.11. The molecule has 4 heteroatoms. The van der Waals surface area contributed by atoms with Crippen molar-refractivity contribution in [1.82, 2.24) is 4.90 Å². The molecule has 1 saturated heterocycles. The molecule has 2 unspecified atom stereocenters. The Kier molecular flexibility index (Phi) is 3.82. The van der Waals surface area contributed by atoms with E-state index in [9.17, 15) is 9.90 Å². The Labute approximate surface area is 156 Å². The molecule has 1 aliphatic heterocycles. The van der Waals surface area contributed by atoms with Crippen LogP contribution in [0, 0.1) is 17.3 Å². The number of nitrogens with zero attached hydrogens (tertiary/aromatic N) is 2. The molecule has 4 saturated carbocycles. The molecule has 1 aromatic carbocycles. The number of para-hydroxylation sites is 1. The molecule has 5 fully saturated rings. The van der Waals surface area contributed by atoms with Gasteiger partial charge in [0.05, 0.1) is 5.60 Å². The van der Waals surface area contributed by atoms with Crippen LogP contribution in [-0.2, 0) is 4.79 Å². The second-order valence-corrected chi connectivity index (χ2v) is 9.57. The maximum Gasteiger partial charge on any atom is 0.223 e. The molecule has 140 valence electrons. The molecule has 2 atom stereocenters. The van der Waals surface area contributed by atoms with Crippen LogP contribution in [0.3, 0.4) is 0 Å². The van der Waals surface area contributed by atoms with Gasteiger partial charge < -0.3 is 14.9 Å². The van der Waals surface area contributed by atoms with E-state index in [2.05, 4.69) is 34.1 Å². The van der Waals surface area contributed by atoms with Gasteiger partial charge in [0.1, 0.15) is 0 Å². The first-order chi connectivity index (χ1) is 12.5. The third-order valence-corrected chi connectivity index (χ3v) is 7.43. The minimum Gasteiger partial charge on any atom is -0.390 e. The van der Waals surface area contributed by atoms with Crippen LogP contribution in [0.5, 0.6) is 0 Å². The smallest absolute Gasteiger partial charge is 0.223 e. The number of piperazine rings is 1. The van der Waals surface area contributed by atoms with E-state index in [1.165, 1.54) is 24.9 Å². The highest BCUT2D eigenvalue weighted by molar-refractivity contribution is 5.77. The fraction of sp³-hybridized carbons (Fsp3) is 0.682. The summed E-state index contributed by atoms with van der Waals surface area (Å²) in [5, 5.41) is 10.9. The van der Waals surface area contributed by atoms with Gasteiger partial charge in [0.2, 0.25) is 5.91 Å². The summed E-state index contributed by atoms with van der Waals surface area (Å²) < 4.78 is 0. The van der Waals surface area contributed by atoms with Crippen molar-refractivity contribution in [3.05, 3.63) is 30.3 Å². The van der Waals surface area contributed by atoms with Gasteiger partial charge in [0.25, 0.3) is 0 Å². The number of benzene rings is 1. The van der Waals surface area contributed by atoms with Gasteiger partial charge >= 0.3 is 0 Å². The van der Waals surface area contributed by atoms with Gasteiger partial charge in [-0.3, -0.25) is 4.79 Å². The van der Waals surface area contributed by atoms with Gasteiger partial charge in [0, 0.05) is 38.3 Å². The van der Waals surface area contributed by atoms with Crippen LogP contribution < -0.4 is 4.90 Å². The van der Waals surface area contributed by atoms with E-state index in [1.54, 1.807) is 0 Å². The van der Waals surface area contributed by atoms with Crippen LogP contribution in [0.1, 0.15) is 44.9 Å². The molecule has 4 nitrogen and oxygen atoms in total. The van der Waals surface area contributed by atoms with E-state index in [1.807, 2.05) is 6.07 Å². The molecule has 1 heterocycles. The van der Waals surface area contributed by atoms with Crippen molar-refractivity contribution in [1.29, 1.82) is 0 Å². The van der Waals surface area contributed by atoms with Gasteiger partial charge in [-0.05, 0) is 67.9 Å². The number of anilines is 1. The first-order valence-corrected chi connectivity index (χ1v) is 10.3. The fourth-order valence-electron chi connectivity index (χ4n) is 6.89. The minimum absolute atomic E-state index is 0.0898. The number of amides is 1. The monoisotopic (exact) mass is 354 g/mol. The molecule has 5 aliphatic rings. The summed E-state index contributed by atoms with van der Waals surface area (Å²) in [6, 6.07) is 10.5. The highest BCUT2D eigenvalue weighted by Gasteiger charge is 2.57. The Morgan fingerprint density at radius 2 is 1.65 bits per heavy atom. The second kappa shape index (κ2) is 5.98. The lowest BCUT2D eigenvalue weighted by atomic mass is 9.47. The Hall–Kier alpha value is -1.55. The quantitative estimate of drug-likeness (QED) is 0.907. The van der Waals surface area contributed by atoms with Crippen molar-refractivity contribution in [2.45, 2.75) is 50.5 Å². The van der Waals surface area contributed by atoms with Crippen molar-refractivity contribution in [2.75, 3.05) is 31.1 Å². The molecule has 26 heavy (non-hydrogen) atoms. The zero-order valence-electron chi connectivity index (χ0n) is 15.6. The van der Waals surface area contributed by atoms with Crippen LogP contribution in [0.2, 0.25) is 0 Å². The average molecular weight is 354 g/mol. The number of hydrogen-bond donors (Lipinski definition) is 1. The van der Waals surface area contributed by atoms with E-state index in [-0.39, 0.29) is 5.41 Å². The lowest BCUT2D eigenvalue weighted by Gasteiger charge is -2.60. The molecule has 0 radical (unpaired) electrons. The fourth-order valence-corrected chi connectivity index (χ4v) is 6.89. The molecule has 1 amide bonds. The number of hydrogen-bond acceptors (Lipinski definition) is 3. The summed E-state index contributed by atoms with van der Waals surface area (Å²) in [7, 11) is 0. The van der Waals surface area contributed by atoms with Crippen LogP contribution in [0.4, 0.5) is 5.69 Å². The largest absolute Gasteiger partial charge is 0.390 e. The lowest BCUT2D eigenvalue weighted by Crippen LogP contribution is -2.57. The second-order valence-electron chi connectivity index (χ2n) is 9.57. The molecule has 4 bridgehead atoms. The number of aliphatic hydroxyl groups is 1. The van der Waals surface area contributed by atoms with E-state index >= 15 is 0 Å². The molecular weight excluding hydrogens is 324 g/mol. The molecule has 1 N–H and O–H groups in total. The molecule has 6 rings (SSSR count). The van der Waals surface area contributed by atoms with E-state index in [0.29, 0.717) is 24.2 Å². The molecule has 4 aliphatic carbocycles. The van der Waals surface area contributed by atoms with Gasteiger partial charge in [-0.25, -0.2) is 0 Å². The van der Waals surface area contributed by atoms with Gasteiger partial charge in [0.15, 0.2) is 0 Å². The molecule has 0 aromatic heterocycles. The van der Waals surface area contributed by atoms with Crippen molar-refractivity contribution >= 4 is 11.6 Å². The van der Waals surface area contributed by atoms with Crippen LogP contribution in [-0.4, -0.2) is 47.7 Å². The normalized spacial score (nSPS) is 38.7. The highest BCUT2D eigenvalue weighted by atomic mass is 16.3. The van der Waals surface area contributed by atoms with Crippen LogP contribution in [0.25, 0.3) is 0 Å². The molecule has 1 aromatic rings. The topological polar surface area (TPSA) is 43.8 Å². The zero-order chi connectivity index (χ0) is 17.8. The van der Waals surface area contributed by atoms with Crippen molar-refractivity contribution in [3.63, 3.8) is 0 Å². The predicted octanol–water partition coefficient (Wildman–Crippen LogP) is 3.06. The van der Waals surface area contributed by atoms with Crippen LogP contribution >= 0.6 is 0 Å². The SMILES string of the molecule is O=C(CC12CC3CC(CC(O)(C3)C1)C2)N1CCN(c2ccccc2)CC1. The van der Waals surface area contributed by atoms with Crippen molar-refractivity contribution in [3.8, 4) is 0 Å². The van der Waals surface area contributed by atoms with E-state index < -0.39 is 5.60 Å². The summed E-state index contributed by atoms with van der Waals surface area (Å²) in [5.41, 5.74) is 0.881. The first kappa shape index (κ1) is 16.6. The van der Waals surface area contributed by atoms with E-state index in [0.717, 1.165) is 45.4 Å². The number of carbonyl (C=O) groups excluding carboxylic acids is 1. The number of carbonyl (C=O) groups is 1. The van der Waals surface area contributed by atoms with Crippen LogP contribution in [0.15, 0.2) is 30.3 Å². The molecule has 0 spiro atoms. The number of rotatable bonds is 3. The van der Waals surface area contributed by atoms with E-state index in [4.69, 9.17) is 0 Å². The zero-order valence-corrected chi connectivity index (χ0v) is 15.6. The Bertz CT molecular complexity index is 667. The lowest BCUT2D eigenvalue weighted by molar-refractivity contribution is -0.172. The Balaban J connectivity index is 1.22. The Morgan fingerprint density at radius 3 is 2.27 bits per heavy atom. The van der Waals surface area contributed by atoms with Crippen molar-refractivity contribution in [2.24, 2.45) is 17.3 Å². The maximum atomic E-state index is 13.1. The summed E-state index contributed by atoms with van der Waals surface area (Å²) in [5.74, 6) is 1.64. The van der Waals surface area contributed by atoms with Gasteiger partial charge in [-0.2, -0.15) is 0 Å². The third kappa shape index (κ3) is 2.92. The highest BCUT2D eigenvalue weighted by Crippen LogP contribution is 2.62. The minimum atomic E-state index is -0.462. The summed E-state index contributed by atoms with van der Waals surface area (Å²) in [6.45, 7) is 3.47. The summed E-state index contributed by atoms with van der Waals surface area (Å²) in [4.78, 5) is 17.5. The molecular formula is C22H30N2O2.